The number of hydrogen-bond donors (Lipinski definition) is 1. The summed E-state index contributed by atoms with van der Waals surface area (Å²) >= 11 is 0. The maximum absolute atomic E-state index is 10.8. The van der Waals surface area contributed by atoms with Crippen LogP contribution in [0.25, 0.3) is 0 Å². The van der Waals surface area contributed by atoms with Crippen LogP contribution in [0.1, 0.15) is 32.6 Å². The zero-order valence-corrected chi connectivity index (χ0v) is 9.50. The van der Waals surface area contributed by atoms with Gasteiger partial charge in [-0.05, 0) is 24.8 Å². The van der Waals surface area contributed by atoms with Crippen LogP contribution in [0.3, 0.4) is 0 Å². The summed E-state index contributed by atoms with van der Waals surface area (Å²) in [7, 11) is 0. The number of nitrogens with one attached hydrogen (secondary N) is 1. The fourth-order valence-corrected chi connectivity index (χ4v) is 1.99. The minimum atomic E-state index is -0.129. The summed E-state index contributed by atoms with van der Waals surface area (Å²) in [5.74, 6) is 0.532. The van der Waals surface area contributed by atoms with Gasteiger partial charge in [0.15, 0.2) is 0 Å². The maximum atomic E-state index is 10.8. The van der Waals surface area contributed by atoms with E-state index in [0.29, 0.717) is 25.2 Å². The number of carbonyl (C=O) groups is 1. The first-order valence-electron chi connectivity index (χ1n) is 5.76. The van der Waals surface area contributed by atoms with Gasteiger partial charge in [0, 0.05) is 6.54 Å². The third-order valence-electron chi connectivity index (χ3n) is 2.95. The molecule has 0 aliphatic heterocycles. The van der Waals surface area contributed by atoms with E-state index in [2.05, 4.69) is 18.8 Å². The molecule has 1 aliphatic carbocycles. The first-order chi connectivity index (χ1) is 7.24. The Balaban J connectivity index is 2.08. The number of hydrogen-bond acceptors (Lipinski definition) is 2. The van der Waals surface area contributed by atoms with Gasteiger partial charge >= 0.3 is 0 Å². The van der Waals surface area contributed by atoms with Crippen molar-refractivity contribution in [3.8, 4) is 0 Å². The molecule has 0 aromatic heterocycles. The van der Waals surface area contributed by atoms with Crippen molar-refractivity contribution in [2.75, 3.05) is 13.2 Å². The summed E-state index contributed by atoms with van der Waals surface area (Å²) in [6.07, 6.45) is 6.70. The third kappa shape index (κ3) is 4.47. The highest BCUT2D eigenvalue weighted by molar-refractivity contribution is 5.86. The molecule has 0 aromatic carbocycles. The maximum Gasteiger partial charge on any atom is 0.243 e. The van der Waals surface area contributed by atoms with Gasteiger partial charge in [-0.15, -0.1) is 0 Å². The monoisotopic (exact) mass is 211 g/mol. The topological polar surface area (TPSA) is 38.3 Å². The molecule has 0 unspecified atom stereocenters. The Kier molecular flexibility index (Phi) is 5.40. The summed E-state index contributed by atoms with van der Waals surface area (Å²) in [6, 6.07) is 0. The van der Waals surface area contributed by atoms with Crippen LogP contribution in [-0.2, 0) is 9.53 Å². The van der Waals surface area contributed by atoms with E-state index in [4.69, 9.17) is 4.74 Å². The molecular formula is C12H21NO2. The second-order valence-corrected chi connectivity index (χ2v) is 4.17. The predicted molar refractivity (Wildman–Crippen MR) is 60.6 cm³/mol. The molecule has 1 saturated carbocycles. The van der Waals surface area contributed by atoms with Crippen molar-refractivity contribution in [3.05, 3.63) is 12.7 Å². The number of carbonyl (C=O) groups excluding carboxylic acids is 1. The Labute approximate surface area is 91.9 Å². The molecule has 0 aromatic rings. The van der Waals surface area contributed by atoms with Crippen LogP contribution in [0.15, 0.2) is 12.7 Å². The van der Waals surface area contributed by atoms with Crippen LogP contribution in [0.5, 0.6) is 0 Å². The van der Waals surface area contributed by atoms with Gasteiger partial charge in [-0.1, -0.05) is 26.3 Å². The van der Waals surface area contributed by atoms with Crippen molar-refractivity contribution < 1.29 is 9.53 Å². The zero-order valence-electron chi connectivity index (χ0n) is 9.50. The van der Waals surface area contributed by atoms with E-state index >= 15 is 0 Å². The van der Waals surface area contributed by atoms with Crippen LogP contribution in [0, 0.1) is 5.92 Å². The summed E-state index contributed by atoms with van der Waals surface area (Å²) in [5.41, 5.74) is 0. The quantitative estimate of drug-likeness (QED) is 0.557. The van der Waals surface area contributed by atoms with Crippen LogP contribution >= 0.6 is 0 Å². The SMILES string of the molecule is C=CC(=O)NCCO[C@@H]1CCCC[C@@H]1C. The lowest BCUT2D eigenvalue weighted by molar-refractivity contribution is -0.116. The normalized spacial score (nSPS) is 25.9. The van der Waals surface area contributed by atoms with Crippen molar-refractivity contribution in [1.29, 1.82) is 0 Å². The van der Waals surface area contributed by atoms with Gasteiger partial charge < -0.3 is 10.1 Å². The highest BCUT2D eigenvalue weighted by atomic mass is 16.5. The predicted octanol–water partition coefficient (Wildman–Crippen LogP) is 1.88. The minimum absolute atomic E-state index is 0.129. The largest absolute Gasteiger partial charge is 0.376 e. The molecule has 0 saturated heterocycles. The first kappa shape index (κ1) is 12.2. The second-order valence-electron chi connectivity index (χ2n) is 4.17. The summed E-state index contributed by atoms with van der Waals surface area (Å²) in [6.45, 7) is 6.81. The molecule has 3 nitrogen and oxygen atoms in total. The smallest absolute Gasteiger partial charge is 0.243 e. The first-order valence-corrected chi connectivity index (χ1v) is 5.76. The van der Waals surface area contributed by atoms with Gasteiger partial charge in [0.2, 0.25) is 5.91 Å². The Morgan fingerprint density at radius 3 is 2.93 bits per heavy atom. The summed E-state index contributed by atoms with van der Waals surface area (Å²) < 4.78 is 5.74. The van der Waals surface area contributed by atoms with Gasteiger partial charge in [0.1, 0.15) is 0 Å². The summed E-state index contributed by atoms with van der Waals surface area (Å²) in [5, 5.41) is 2.70. The Morgan fingerprint density at radius 2 is 2.27 bits per heavy atom. The third-order valence-corrected chi connectivity index (χ3v) is 2.95. The van der Waals surface area contributed by atoms with Crippen LogP contribution in [0.4, 0.5) is 0 Å². The minimum Gasteiger partial charge on any atom is -0.376 e. The van der Waals surface area contributed by atoms with E-state index in [1.165, 1.54) is 25.3 Å². The molecule has 2 atom stereocenters. The van der Waals surface area contributed by atoms with Crippen molar-refractivity contribution in [1.82, 2.24) is 5.32 Å². The number of rotatable bonds is 5. The highest BCUT2D eigenvalue weighted by Crippen LogP contribution is 2.25. The lowest BCUT2D eigenvalue weighted by Gasteiger charge is -2.28. The van der Waals surface area contributed by atoms with Gasteiger partial charge in [0.05, 0.1) is 12.7 Å². The molecule has 86 valence electrons. The van der Waals surface area contributed by atoms with Crippen molar-refractivity contribution in [2.45, 2.75) is 38.7 Å². The van der Waals surface area contributed by atoms with Crippen molar-refractivity contribution in [2.24, 2.45) is 5.92 Å². The Hall–Kier alpha value is -0.830. The Bertz CT molecular complexity index is 216. The van der Waals surface area contributed by atoms with Gasteiger partial charge in [-0.3, -0.25) is 4.79 Å². The molecule has 0 radical (unpaired) electrons. The molecule has 1 N–H and O–H groups in total. The van der Waals surface area contributed by atoms with Gasteiger partial charge in [-0.2, -0.15) is 0 Å². The average Bonchev–Trinajstić information content (AvgIpc) is 2.26. The molecule has 0 bridgehead atoms. The molecule has 3 heteroatoms. The molecule has 1 fully saturated rings. The molecule has 0 spiro atoms. The number of amides is 1. The molecular weight excluding hydrogens is 190 g/mol. The molecule has 1 rings (SSSR count). The van der Waals surface area contributed by atoms with Crippen molar-refractivity contribution >= 4 is 5.91 Å². The van der Waals surface area contributed by atoms with Crippen LogP contribution < -0.4 is 5.32 Å². The van der Waals surface area contributed by atoms with Crippen LogP contribution in [0.2, 0.25) is 0 Å². The van der Waals surface area contributed by atoms with Gasteiger partial charge in [0.25, 0.3) is 0 Å². The second kappa shape index (κ2) is 6.62. The highest BCUT2D eigenvalue weighted by Gasteiger charge is 2.21. The van der Waals surface area contributed by atoms with E-state index in [9.17, 15) is 4.79 Å². The molecule has 1 aliphatic rings. The molecule has 0 heterocycles. The summed E-state index contributed by atoms with van der Waals surface area (Å²) in [4.78, 5) is 10.8. The molecule has 1 amide bonds. The lowest BCUT2D eigenvalue weighted by atomic mass is 9.88. The standard InChI is InChI=1S/C12H21NO2/c1-3-12(14)13-8-9-15-11-7-5-4-6-10(11)2/h3,10-11H,1,4-9H2,2H3,(H,13,14)/t10-,11+/m0/s1. The van der Waals surface area contributed by atoms with E-state index in [1.54, 1.807) is 0 Å². The van der Waals surface area contributed by atoms with Crippen molar-refractivity contribution in [3.63, 3.8) is 0 Å². The van der Waals surface area contributed by atoms with Crippen LogP contribution in [-0.4, -0.2) is 25.2 Å². The van der Waals surface area contributed by atoms with E-state index in [-0.39, 0.29) is 5.91 Å². The average molecular weight is 211 g/mol. The fraction of sp³-hybridized carbons (Fsp3) is 0.750. The Morgan fingerprint density at radius 1 is 1.53 bits per heavy atom. The van der Waals surface area contributed by atoms with E-state index in [1.807, 2.05) is 0 Å². The fourth-order valence-electron chi connectivity index (χ4n) is 1.99. The van der Waals surface area contributed by atoms with E-state index in [0.717, 1.165) is 6.42 Å². The number of ether oxygens (including phenoxy) is 1. The zero-order chi connectivity index (χ0) is 11.1. The molecule has 15 heavy (non-hydrogen) atoms. The lowest BCUT2D eigenvalue weighted by Crippen LogP contribution is -2.31. The van der Waals surface area contributed by atoms with E-state index < -0.39 is 0 Å². The van der Waals surface area contributed by atoms with Gasteiger partial charge in [-0.25, -0.2) is 0 Å².